The molecule has 3 heteroatoms. The van der Waals surface area contributed by atoms with Gasteiger partial charge in [0, 0.05) is 18.6 Å². The smallest absolute Gasteiger partial charge is 0.0672 e. The van der Waals surface area contributed by atoms with E-state index < -0.39 is 0 Å². The molecule has 0 N–H and O–H groups in total. The molecule has 2 fully saturated rings. The summed E-state index contributed by atoms with van der Waals surface area (Å²) in [6.45, 7) is 4.65. The first-order chi connectivity index (χ1) is 9.65. The van der Waals surface area contributed by atoms with Crippen LogP contribution in [0.2, 0.25) is 0 Å². The van der Waals surface area contributed by atoms with Gasteiger partial charge in [-0.05, 0) is 58.7 Å². The first-order valence-corrected chi connectivity index (χ1v) is 8.45. The van der Waals surface area contributed by atoms with E-state index in [1.165, 1.54) is 45.1 Å². The summed E-state index contributed by atoms with van der Waals surface area (Å²) >= 11 is 0. The highest BCUT2D eigenvalue weighted by molar-refractivity contribution is 4.99. The molecule has 1 saturated heterocycles. The monoisotopic (exact) mass is 277 g/mol. The summed E-state index contributed by atoms with van der Waals surface area (Å²) in [6.07, 6.45) is 8.88. The third-order valence-electron chi connectivity index (χ3n) is 5.42. The minimum atomic E-state index is 0.268. The molecule has 1 aliphatic carbocycles. The lowest BCUT2D eigenvalue weighted by molar-refractivity contribution is 0.0471. The number of hydrogen-bond acceptors (Lipinski definition) is 3. The van der Waals surface area contributed by atoms with Crippen molar-refractivity contribution in [1.29, 1.82) is 5.26 Å². The van der Waals surface area contributed by atoms with Gasteiger partial charge >= 0.3 is 0 Å². The number of hydrogen-bond donors (Lipinski definition) is 0. The van der Waals surface area contributed by atoms with E-state index in [9.17, 15) is 5.26 Å². The third-order valence-corrected chi connectivity index (χ3v) is 5.42. The SMILES string of the molecule is CCCC1CCC(C#N)C(N2CCCC(N(C)C)C2)C1. The Morgan fingerprint density at radius 3 is 2.70 bits per heavy atom. The highest BCUT2D eigenvalue weighted by atomic mass is 15.2. The molecule has 0 aromatic carbocycles. The van der Waals surface area contributed by atoms with Crippen LogP contribution in [-0.2, 0) is 0 Å². The average Bonchev–Trinajstić information content (AvgIpc) is 2.47. The van der Waals surface area contributed by atoms with Gasteiger partial charge in [0.25, 0.3) is 0 Å². The van der Waals surface area contributed by atoms with Crippen LogP contribution < -0.4 is 0 Å². The van der Waals surface area contributed by atoms with Crippen LogP contribution in [0.1, 0.15) is 51.9 Å². The Morgan fingerprint density at radius 1 is 1.25 bits per heavy atom. The quantitative estimate of drug-likeness (QED) is 0.791. The molecule has 1 aliphatic heterocycles. The van der Waals surface area contributed by atoms with Gasteiger partial charge in [-0.3, -0.25) is 4.90 Å². The van der Waals surface area contributed by atoms with Crippen molar-refractivity contribution in [2.45, 2.75) is 64.0 Å². The molecule has 114 valence electrons. The minimum absolute atomic E-state index is 0.268. The summed E-state index contributed by atoms with van der Waals surface area (Å²) in [5.74, 6) is 1.12. The largest absolute Gasteiger partial charge is 0.305 e. The molecule has 2 rings (SSSR count). The highest BCUT2D eigenvalue weighted by Gasteiger charge is 2.36. The van der Waals surface area contributed by atoms with Gasteiger partial charge < -0.3 is 4.90 Å². The highest BCUT2D eigenvalue weighted by Crippen LogP contribution is 2.35. The number of nitrogens with zero attached hydrogens (tertiary/aromatic N) is 3. The van der Waals surface area contributed by atoms with Gasteiger partial charge in [-0.15, -0.1) is 0 Å². The Morgan fingerprint density at radius 2 is 2.05 bits per heavy atom. The molecule has 1 saturated carbocycles. The van der Waals surface area contributed by atoms with Crippen molar-refractivity contribution < 1.29 is 0 Å². The van der Waals surface area contributed by atoms with E-state index in [0.717, 1.165) is 18.9 Å². The zero-order chi connectivity index (χ0) is 14.5. The van der Waals surface area contributed by atoms with Crippen LogP contribution in [0.25, 0.3) is 0 Å². The molecule has 0 aromatic rings. The Hall–Kier alpha value is -0.590. The van der Waals surface area contributed by atoms with Crippen LogP contribution >= 0.6 is 0 Å². The number of rotatable bonds is 4. The number of likely N-dealkylation sites (N-methyl/N-ethyl adjacent to an activating group) is 1. The molecule has 4 unspecified atom stereocenters. The molecule has 0 spiro atoms. The van der Waals surface area contributed by atoms with Gasteiger partial charge in [-0.1, -0.05) is 19.8 Å². The fourth-order valence-corrected chi connectivity index (χ4v) is 4.16. The first-order valence-electron chi connectivity index (χ1n) is 8.45. The molecular weight excluding hydrogens is 246 g/mol. The summed E-state index contributed by atoms with van der Waals surface area (Å²) in [5.41, 5.74) is 0. The second-order valence-electron chi connectivity index (χ2n) is 7.03. The van der Waals surface area contributed by atoms with Gasteiger partial charge in [0.2, 0.25) is 0 Å². The predicted octanol–water partition coefficient (Wildman–Crippen LogP) is 3.12. The Balaban J connectivity index is 2.01. The maximum atomic E-state index is 9.50. The fraction of sp³-hybridized carbons (Fsp3) is 0.941. The van der Waals surface area contributed by atoms with Crippen molar-refractivity contribution in [3.63, 3.8) is 0 Å². The fourth-order valence-electron chi connectivity index (χ4n) is 4.16. The molecule has 3 nitrogen and oxygen atoms in total. The zero-order valence-corrected chi connectivity index (χ0v) is 13.5. The number of piperidine rings is 1. The van der Waals surface area contributed by atoms with E-state index >= 15 is 0 Å². The van der Waals surface area contributed by atoms with Crippen LogP contribution in [0.5, 0.6) is 0 Å². The summed E-state index contributed by atoms with van der Waals surface area (Å²) < 4.78 is 0. The molecule has 0 radical (unpaired) electrons. The van der Waals surface area contributed by atoms with Crippen LogP contribution in [-0.4, -0.2) is 49.1 Å². The van der Waals surface area contributed by atoms with Crippen LogP contribution in [0.4, 0.5) is 0 Å². The molecule has 0 aromatic heterocycles. The van der Waals surface area contributed by atoms with Gasteiger partial charge in [-0.25, -0.2) is 0 Å². The molecule has 0 bridgehead atoms. The van der Waals surface area contributed by atoms with E-state index in [0.29, 0.717) is 12.1 Å². The average molecular weight is 277 g/mol. The summed E-state index contributed by atoms with van der Waals surface area (Å²) in [6, 6.07) is 3.80. The van der Waals surface area contributed by atoms with Crippen molar-refractivity contribution in [3.05, 3.63) is 0 Å². The van der Waals surface area contributed by atoms with E-state index in [4.69, 9.17) is 0 Å². The molecule has 2 aliphatic rings. The van der Waals surface area contributed by atoms with Crippen LogP contribution in [0.3, 0.4) is 0 Å². The Labute approximate surface area is 124 Å². The molecule has 20 heavy (non-hydrogen) atoms. The van der Waals surface area contributed by atoms with Crippen molar-refractivity contribution in [1.82, 2.24) is 9.80 Å². The van der Waals surface area contributed by atoms with Crippen molar-refractivity contribution in [3.8, 4) is 6.07 Å². The topological polar surface area (TPSA) is 30.3 Å². The lowest BCUT2D eigenvalue weighted by Crippen LogP contribution is -2.52. The second-order valence-corrected chi connectivity index (χ2v) is 7.03. The normalized spacial score (nSPS) is 36.0. The Bertz CT molecular complexity index is 334. The predicted molar refractivity (Wildman–Crippen MR) is 83.4 cm³/mol. The molecule has 0 amide bonds. The van der Waals surface area contributed by atoms with Crippen molar-refractivity contribution >= 4 is 0 Å². The second kappa shape index (κ2) is 7.43. The maximum Gasteiger partial charge on any atom is 0.0672 e. The molecule has 4 atom stereocenters. The van der Waals surface area contributed by atoms with Gasteiger partial charge in [0.15, 0.2) is 0 Å². The van der Waals surface area contributed by atoms with E-state index in [1.54, 1.807) is 0 Å². The zero-order valence-electron chi connectivity index (χ0n) is 13.5. The van der Waals surface area contributed by atoms with Crippen molar-refractivity contribution in [2.24, 2.45) is 11.8 Å². The number of likely N-dealkylation sites (tertiary alicyclic amines) is 1. The summed E-state index contributed by atoms with van der Waals surface area (Å²) in [4.78, 5) is 5.00. The lowest BCUT2D eigenvalue weighted by atomic mass is 9.76. The number of nitriles is 1. The maximum absolute atomic E-state index is 9.50. The Kier molecular flexibility index (Phi) is 5.86. The third kappa shape index (κ3) is 3.74. The van der Waals surface area contributed by atoms with E-state index in [-0.39, 0.29) is 5.92 Å². The van der Waals surface area contributed by atoms with Gasteiger partial charge in [0.05, 0.1) is 12.0 Å². The van der Waals surface area contributed by atoms with E-state index in [2.05, 4.69) is 36.9 Å². The van der Waals surface area contributed by atoms with E-state index in [1.807, 2.05) is 0 Å². The van der Waals surface area contributed by atoms with Crippen molar-refractivity contribution in [2.75, 3.05) is 27.2 Å². The van der Waals surface area contributed by atoms with Crippen LogP contribution in [0.15, 0.2) is 0 Å². The summed E-state index contributed by atoms with van der Waals surface area (Å²) in [5, 5.41) is 9.50. The summed E-state index contributed by atoms with van der Waals surface area (Å²) in [7, 11) is 4.38. The minimum Gasteiger partial charge on any atom is -0.305 e. The van der Waals surface area contributed by atoms with Gasteiger partial charge in [-0.2, -0.15) is 5.26 Å². The molecular formula is C17H31N3. The first kappa shape index (κ1) is 15.8. The standard InChI is InChI=1S/C17H31N3/c1-4-6-14-8-9-15(12-18)17(11-14)20-10-5-7-16(13-20)19(2)3/h14-17H,4-11,13H2,1-3H3. The van der Waals surface area contributed by atoms with Gasteiger partial charge in [0.1, 0.15) is 0 Å². The molecule has 1 heterocycles. The van der Waals surface area contributed by atoms with Crippen LogP contribution in [0, 0.1) is 23.2 Å². The lowest BCUT2D eigenvalue weighted by Gasteiger charge is -2.45.